The molecule has 1 heterocycles. The molecule has 1 aromatic heterocycles. The first-order valence-corrected chi connectivity index (χ1v) is 9.16. The molecule has 0 unspecified atom stereocenters. The maximum absolute atomic E-state index is 9.14. The van der Waals surface area contributed by atoms with Crippen molar-refractivity contribution in [2.45, 2.75) is 20.7 Å². The molecule has 141 valence electrons. The molecule has 0 atom stereocenters. The van der Waals surface area contributed by atoms with Gasteiger partial charge in [0.15, 0.2) is 7.28 Å². The van der Waals surface area contributed by atoms with Crippen molar-refractivity contribution >= 4 is 36.0 Å². The number of nitrogens with one attached hydrogen (secondary N) is 1. The van der Waals surface area contributed by atoms with Crippen LogP contribution in [0.4, 0.5) is 11.6 Å². The Hall–Kier alpha value is -3.55. The number of hydrogen-bond acceptors (Lipinski definition) is 6. The van der Waals surface area contributed by atoms with Gasteiger partial charge in [0.2, 0.25) is 11.8 Å². The molecule has 6 nitrogen and oxygen atoms in total. The second-order valence-corrected chi connectivity index (χ2v) is 6.67. The summed E-state index contributed by atoms with van der Waals surface area (Å²) in [5.74, 6) is 1.19. The summed E-state index contributed by atoms with van der Waals surface area (Å²) in [4.78, 5) is 8.75. The van der Waals surface area contributed by atoms with E-state index in [0.29, 0.717) is 33.9 Å². The highest BCUT2D eigenvalue weighted by molar-refractivity contribution is 6.58. The molecule has 1 N–H and O–H groups in total. The van der Waals surface area contributed by atoms with Crippen molar-refractivity contribution in [2.24, 2.45) is 0 Å². The number of hydrogen-bond donors (Lipinski definition) is 1. The van der Waals surface area contributed by atoms with E-state index >= 15 is 0 Å². The van der Waals surface area contributed by atoms with Crippen LogP contribution in [0.25, 0.3) is 0 Å². The van der Waals surface area contributed by atoms with Crippen LogP contribution in [0.1, 0.15) is 22.3 Å². The van der Waals surface area contributed by atoms with Crippen LogP contribution in [-0.4, -0.2) is 17.2 Å². The fraction of sp³-hybridized carbons (Fsp3) is 0.143. The molecule has 0 amide bonds. The molecule has 0 aliphatic rings. The lowest BCUT2D eigenvalue weighted by atomic mass is 9.74. The van der Waals surface area contributed by atoms with Gasteiger partial charge in [-0.1, -0.05) is 18.4 Å². The summed E-state index contributed by atoms with van der Waals surface area (Å²) < 4.78 is 6.10. The van der Waals surface area contributed by atoms with Gasteiger partial charge in [0.1, 0.15) is 10.9 Å². The van der Waals surface area contributed by atoms with E-state index < -0.39 is 0 Å². The third-order valence-electron chi connectivity index (χ3n) is 4.21. The van der Waals surface area contributed by atoms with E-state index in [1.54, 1.807) is 43.7 Å². The standard InChI is InChI=1S/C21H16BClN5O/c1-12-8-15(11-25)9-13(2)18(12)29-20-17(22-3)19(23)27-21(28-20)26-16-6-4-14(10-24)5-7-16/h4-9H,1-3H3,(H,26,27,28). The Morgan fingerprint density at radius 2 is 1.62 bits per heavy atom. The smallest absolute Gasteiger partial charge is 0.231 e. The van der Waals surface area contributed by atoms with Crippen molar-refractivity contribution < 1.29 is 4.74 Å². The minimum atomic E-state index is 0.248. The molecule has 0 aliphatic heterocycles. The van der Waals surface area contributed by atoms with Gasteiger partial charge in [0.25, 0.3) is 0 Å². The maximum Gasteiger partial charge on any atom is 0.231 e. The fourth-order valence-electron chi connectivity index (χ4n) is 2.83. The highest BCUT2D eigenvalue weighted by Crippen LogP contribution is 2.29. The largest absolute Gasteiger partial charge is 0.439 e. The lowest BCUT2D eigenvalue weighted by Gasteiger charge is -2.16. The molecule has 0 aliphatic carbocycles. The number of nitriles is 2. The fourth-order valence-corrected chi connectivity index (χ4v) is 3.10. The first-order chi connectivity index (χ1) is 13.9. The minimum absolute atomic E-state index is 0.248. The molecule has 0 fully saturated rings. The van der Waals surface area contributed by atoms with E-state index in [1.807, 2.05) is 20.7 Å². The molecule has 0 saturated heterocycles. The summed E-state index contributed by atoms with van der Waals surface area (Å²) in [5.41, 5.74) is 4.05. The van der Waals surface area contributed by atoms with Crippen molar-refractivity contribution in [1.82, 2.24) is 9.97 Å². The first-order valence-electron chi connectivity index (χ1n) is 8.78. The van der Waals surface area contributed by atoms with Gasteiger partial charge in [0.05, 0.1) is 23.3 Å². The second kappa shape index (κ2) is 8.64. The molecule has 8 heteroatoms. The average Bonchev–Trinajstić information content (AvgIpc) is 2.71. The van der Waals surface area contributed by atoms with E-state index in [1.165, 1.54) is 0 Å². The van der Waals surface area contributed by atoms with Crippen LogP contribution in [0.5, 0.6) is 11.6 Å². The molecule has 3 aromatic rings. The average molecular weight is 401 g/mol. The van der Waals surface area contributed by atoms with Crippen LogP contribution in [0, 0.1) is 36.5 Å². The molecule has 0 spiro atoms. The van der Waals surface area contributed by atoms with Crippen molar-refractivity contribution in [3.05, 3.63) is 63.8 Å². The van der Waals surface area contributed by atoms with Crippen LogP contribution in [0.2, 0.25) is 12.0 Å². The normalized spacial score (nSPS) is 10.0. The van der Waals surface area contributed by atoms with Gasteiger partial charge in [-0.3, -0.25) is 0 Å². The van der Waals surface area contributed by atoms with Gasteiger partial charge in [-0.25, -0.2) is 4.98 Å². The van der Waals surface area contributed by atoms with Gasteiger partial charge >= 0.3 is 0 Å². The zero-order chi connectivity index (χ0) is 21.0. The topological polar surface area (TPSA) is 94.6 Å². The molecule has 0 saturated carbocycles. The maximum atomic E-state index is 9.14. The number of rotatable bonds is 5. The quantitative estimate of drug-likeness (QED) is 0.504. The number of aryl methyl sites for hydroxylation is 2. The van der Waals surface area contributed by atoms with E-state index in [-0.39, 0.29) is 11.1 Å². The lowest BCUT2D eigenvalue weighted by Crippen LogP contribution is -2.20. The minimum Gasteiger partial charge on any atom is -0.439 e. The van der Waals surface area contributed by atoms with Crippen molar-refractivity contribution in [2.75, 3.05) is 5.32 Å². The molecular weight excluding hydrogens is 385 g/mol. The second-order valence-electron chi connectivity index (χ2n) is 6.31. The number of ether oxygens (including phenoxy) is 1. The van der Waals surface area contributed by atoms with Crippen molar-refractivity contribution in [3.8, 4) is 23.8 Å². The molecule has 0 bridgehead atoms. The third kappa shape index (κ3) is 4.48. The zero-order valence-corrected chi connectivity index (χ0v) is 16.9. The lowest BCUT2D eigenvalue weighted by molar-refractivity contribution is 0.459. The molecule has 3 rings (SSSR count). The Bertz CT molecular complexity index is 1130. The Kier molecular flexibility index (Phi) is 6.02. The third-order valence-corrected chi connectivity index (χ3v) is 4.50. The summed E-state index contributed by atoms with van der Waals surface area (Å²) in [7, 11) is 1.78. The van der Waals surface area contributed by atoms with Crippen LogP contribution < -0.4 is 15.5 Å². The van der Waals surface area contributed by atoms with Gasteiger partial charge in [-0.05, 0) is 61.4 Å². The van der Waals surface area contributed by atoms with Gasteiger partial charge < -0.3 is 10.1 Å². The molecule has 2 aromatic carbocycles. The number of nitrogens with zero attached hydrogens (tertiary/aromatic N) is 4. The highest BCUT2D eigenvalue weighted by Gasteiger charge is 2.17. The van der Waals surface area contributed by atoms with E-state index in [2.05, 4.69) is 27.4 Å². The van der Waals surface area contributed by atoms with Gasteiger partial charge in [-0.2, -0.15) is 15.5 Å². The van der Waals surface area contributed by atoms with Crippen molar-refractivity contribution in [3.63, 3.8) is 0 Å². The summed E-state index contributed by atoms with van der Waals surface area (Å²) in [6.45, 7) is 5.57. The van der Waals surface area contributed by atoms with Gasteiger partial charge in [-0.15, -0.1) is 0 Å². The highest BCUT2D eigenvalue weighted by atomic mass is 35.5. The number of halogens is 1. The SMILES string of the molecule is C[B]c1c(Cl)nc(Nc2ccc(C#N)cc2)nc1Oc1c(C)cc(C#N)cc1C. The Morgan fingerprint density at radius 1 is 1.00 bits per heavy atom. The van der Waals surface area contributed by atoms with E-state index in [0.717, 1.165) is 11.1 Å². The Balaban J connectivity index is 1.98. The predicted molar refractivity (Wildman–Crippen MR) is 113 cm³/mol. The number of aromatic nitrogens is 2. The summed E-state index contributed by atoms with van der Waals surface area (Å²) in [5, 5.41) is 21.4. The van der Waals surface area contributed by atoms with Crippen LogP contribution in [-0.2, 0) is 0 Å². The van der Waals surface area contributed by atoms with Gasteiger partial charge in [0, 0.05) is 11.2 Å². The van der Waals surface area contributed by atoms with E-state index in [4.69, 9.17) is 26.9 Å². The van der Waals surface area contributed by atoms with Crippen LogP contribution in [0.15, 0.2) is 36.4 Å². The number of anilines is 2. The molecular formula is C21H16BClN5O. The number of benzene rings is 2. The molecule has 29 heavy (non-hydrogen) atoms. The van der Waals surface area contributed by atoms with Crippen LogP contribution >= 0.6 is 11.6 Å². The summed E-state index contributed by atoms with van der Waals surface area (Å²) in [6.07, 6.45) is 0. The Labute approximate surface area is 175 Å². The monoisotopic (exact) mass is 400 g/mol. The Morgan fingerprint density at radius 3 is 2.17 bits per heavy atom. The molecule has 1 radical (unpaired) electrons. The zero-order valence-electron chi connectivity index (χ0n) is 16.1. The summed E-state index contributed by atoms with van der Waals surface area (Å²) in [6, 6.07) is 14.6. The van der Waals surface area contributed by atoms with Crippen LogP contribution in [0.3, 0.4) is 0 Å². The van der Waals surface area contributed by atoms with Crippen molar-refractivity contribution in [1.29, 1.82) is 10.5 Å². The summed E-state index contributed by atoms with van der Waals surface area (Å²) >= 11 is 6.35. The first kappa shape index (κ1) is 20.2. The predicted octanol–water partition coefficient (Wildman–Crippen LogP) is 4.40. The van der Waals surface area contributed by atoms with E-state index in [9.17, 15) is 0 Å².